The minimum absolute atomic E-state index is 0.261. The summed E-state index contributed by atoms with van der Waals surface area (Å²) >= 11 is 0. The summed E-state index contributed by atoms with van der Waals surface area (Å²) in [7, 11) is 0. The molecule has 0 aliphatic heterocycles. The Labute approximate surface area is 140 Å². The van der Waals surface area contributed by atoms with Crippen LogP contribution in [0.15, 0.2) is 79.3 Å². The molecule has 24 heavy (non-hydrogen) atoms. The van der Waals surface area contributed by atoms with E-state index < -0.39 is 0 Å². The molecule has 4 rings (SSSR count). The van der Waals surface area contributed by atoms with E-state index in [-0.39, 0.29) is 5.92 Å². The zero-order chi connectivity index (χ0) is 16.2. The SMILES string of the molecule is c1ccc(C(CNc2ncnc3[nH]ccc23)c2ccccc2)cc1. The molecule has 4 heteroatoms. The highest BCUT2D eigenvalue weighted by Gasteiger charge is 2.14. The molecule has 2 N–H and O–H groups in total. The van der Waals surface area contributed by atoms with E-state index in [1.54, 1.807) is 6.33 Å². The summed E-state index contributed by atoms with van der Waals surface area (Å²) in [5.74, 6) is 1.12. The van der Waals surface area contributed by atoms with Crippen LogP contribution in [-0.2, 0) is 0 Å². The average Bonchev–Trinajstić information content (AvgIpc) is 3.13. The molecule has 2 aromatic heterocycles. The van der Waals surface area contributed by atoms with Crippen LogP contribution in [0.25, 0.3) is 11.0 Å². The Morgan fingerprint density at radius 3 is 2.17 bits per heavy atom. The van der Waals surface area contributed by atoms with Gasteiger partial charge >= 0.3 is 0 Å². The fraction of sp³-hybridized carbons (Fsp3) is 0.100. The minimum Gasteiger partial charge on any atom is -0.368 e. The predicted molar refractivity (Wildman–Crippen MR) is 97.1 cm³/mol. The van der Waals surface area contributed by atoms with E-state index in [4.69, 9.17) is 0 Å². The Kier molecular flexibility index (Phi) is 3.94. The summed E-state index contributed by atoms with van der Waals surface area (Å²) in [5, 5.41) is 4.51. The molecule has 4 aromatic rings. The molecule has 0 atom stereocenters. The predicted octanol–water partition coefficient (Wildman–Crippen LogP) is 4.20. The first-order valence-corrected chi connectivity index (χ1v) is 8.03. The second kappa shape index (κ2) is 6.54. The number of hydrogen-bond donors (Lipinski definition) is 2. The van der Waals surface area contributed by atoms with Crippen molar-refractivity contribution >= 4 is 16.9 Å². The number of anilines is 1. The lowest BCUT2D eigenvalue weighted by Gasteiger charge is -2.19. The number of H-pyrrole nitrogens is 1. The van der Waals surface area contributed by atoms with Gasteiger partial charge < -0.3 is 10.3 Å². The maximum absolute atomic E-state index is 4.40. The van der Waals surface area contributed by atoms with Crippen LogP contribution in [0.4, 0.5) is 5.82 Å². The highest BCUT2D eigenvalue weighted by Crippen LogP contribution is 2.26. The minimum atomic E-state index is 0.261. The summed E-state index contributed by atoms with van der Waals surface area (Å²) in [5.41, 5.74) is 3.43. The number of nitrogens with zero attached hydrogens (tertiary/aromatic N) is 2. The quantitative estimate of drug-likeness (QED) is 0.580. The highest BCUT2D eigenvalue weighted by molar-refractivity contribution is 5.86. The van der Waals surface area contributed by atoms with Gasteiger partial charge in [0.2, 0.25) is 0 Å². The highest BCUT2D eigenvalue weighted by atomic mass is 15.0. The van der Waals surface area contributed by atoms with Crippen LogP contribution in [0.1, 0.15) is 17.0 Å². The van der Waals surface area contributed by atoms with Gasteiger partial charge in [0.25, 0.3) is 0 Å². The molecule has 118 valence electrons. The van der Waals surface area contributed by atoms with E-state index in [9.17, 15) is 0 Å². The van der Waals surface area contributed by atoms with Crippen molar-refractivity contribution in [2.24, 2.45) is 0 Å². The number of aromatic amines is 1. The lowest BCUT2D eigenvalue weighted by molar-refractivity contribution is 0.849. The molecule has 0 unspecified atom stereocenters. The molecule has 0 amide bonds. The van der Waals surface area contributed by atoms with Crippen LogP contribution in [0.3, 0.4) is 0 Å². The molecular weight excluding hydrogens is 296 g/mol. The Bertz CT molecular complexity index is 876. The number of rotatable bonds is 5. The second-order valence-electron chi connectivity index (χ2n) is 5.72. The lowest BCUT2D eigenvalue weighted by Crippen LogP contribution is -2.15. The monoisotopic (exact) mass is 314 g/mol. The normalized spacial score (nSPS) is 11.0. The molecule has 0 bridgehead atoms. The number of aromatic nitrogens is 3. The first-order chi connectivity index (χ1) is 11.9. The largest absolute Gasteiger partial charge is 0.368 e. The van der Waals surface area contributed by atoms with Crippen molar-refractivity contribution in [2.45, 2.75) is 5.92 Å². The topological polar surface area (TPSA) is 53.6 Å². The molecule has 2 heterocycles. The van der Waals surface area contributed by atoms with Crippen LogP contribution in [-0.4, -0.2) is 21.5 Å². The van der Waals surface area contributed by atoms with Gasteiger partial charge in [0.1, 0.15) is 17.8 Å². The lowest BCUT2D eigenvalue weighted by atomic mass is 9.91. The van der Waals surface area contributed by atoms with Gasteiger partial charge in [-0.1, -0.05) is 60.7 Å². The molecule has 0 spiro atoms. The van der Waals surface area contributed by atoms with Crippen LogP contribution in [0.2, 0.25) is 0 Å². The van der Waals surface area contributed by atoms with Crippen molar-refractivity contribution in [3.8, 4) is 0 Å². The van der Waals surface area contributed by atoms with Gasteiger partial charge in [0, 0.05) is 18.7 Å². The molecule has 2 aromatic carbocycles. The number of nitrogens with one attached hydrogen (secondary N) is 2. The van der Waals surface area contributed by atoms with Crippen molar-refractivity contribution in [1.82, 2.24) is 15.0 Å². The number of benzene rings is 2. The van der Waals surface area contributed by atoms with E-state index in [2.05, 4.69) is 68.8 Å². The summed E-state index contributed by atoms with van der Waals surface area (Å²) in [6.07, 6.45) is 3.47. The van der Waals surface area contributed by atoms with Crippen LogP contribution in [0, 0.1) is 0 Å². The van der Waals surface area contributed by atoms with Gasteiger partial charge in [-0.2, -0.15) is 0 Å². The van der Waals surface area contributed by atoms with Gasteiger partial charge in [-0.05, 0) is 17.2 Å². The van der Waals surface area contributed by atoms with Crippen LogP contribution < -0.4 is 5.32 Å². The van der Waals surface area contributed by atoms with Crippen molar-refractivity contribution in [3.05, 3.63) is 90.4 Å². The van der Waals surface area contributed by atoms with Gasteiger partial charge in [0.15, 0.2) is 0 Å². The van der Waals surface area contributed by atoms with Crippen LogP contribution >= 0.6 is 0 Å². The van der Waals surface area contributed by atoms with E-state index in [1.807, 2.05) is 24.4 Å². The van der Waals surface area contributed by atoms with E-state index in [0.29, 0.717) is 0 Å². The Morgan fingerprint density at radius 2 is 1.50 bits per heavy atom. The third kappa shape index (κ3) is 2.86. The molecule has 0 saturated carbocycles. The van der Waals surface area contributed by atoms with E-state index >= 15 is 0 Å². The molecular formula is C20H18N4. The molecule has 0 radical (unpaired) electrons. The van der Waals surface area contributed by atoms with Crippen molar-refractivity contribution in [2.75, 3.05) is 11.9 Å². The van der Waals surface area contributed by atoms with Crippen molar-refractivity contribution in [1.29, 1.82) is 0 Å². The Morgan fingerprint density at radius 1 is 0.833 bits per heavy atom. The van der Waals surface area contributed by atoms with Gasteiger partial charge in [-0.15, -0.1) is 0 Å². The molecule has 4 nitrogen and oxygen atoms in total. The number of hydrogen-bond acceptors (Lipinski definition) is 3. The second-order valence-corrected chi connectivity index (χ2v) is 5.72. The Balaban J connectivity index is 1.64. The summed E-state index contributed by atoms with van der Waals surface area (Å²) in [6.45, 7) is 0.769. The average molecular weight is 314 g/mol. The summed E-state index contributed by atoms with van der Waals surface area (Å²) in [4.78, 5) is 11.8. The van der Waals surface area contributed by atoms with E-state index in [0.717, 1.165) is 23.4 Å². The number of fused-ring (bicyclic) bond motifs is 1. The van der Waals surface area contributed by atoms with E-state index in [1.165, 1.54) is 11.1 Å². The summed E-state index contributed by atoms with van der Waals surface area (Å²) in [6, 6.07) is 23.1. The first kappa shape index (κ1) is 14.5. The standard InChI is InChI=1S/C20H18N4/c1-3-7-15(8-4-1)18(16-9-5-2-6-10-16)13-22-20-17-11-12-21-19(17)23-14-24-20/h1-12,14,18H,13H2,(H2,21,22,23,24). The van der Waals surface area contributed by atoms with Crippen LogP contribution in [0.5, 0.6) is 0 Å². The maximum atomic E-state index is 4.40. The molecule has 0 aliphatic rings. The maximum Gasteiger partial charge on any atom is 0.142 e. The molecule has 0 saturated heterocycles. The van der Waals surface area contributed by atoms with Crippen molar-refractivity contribution in [3.63, 3.8) is 0 Å². The third-order valence-electron chi connectivity index (χ3n) is 4.23. The first-order valence-electron chi connectivity index (χ1n) is 8.03. The Hall–Kier alpha value is -3.14. The third-order valence-corrected chi connectivity index (χ3v) is 4.23. The van der Waals surface area contributed by atoms with Gasteiger partial charge in [-0.25, -0.2) is 9.97 Å². The molecule has 0 aliphatic carbocycles. The smallest absolute Gasteiger partial charge is 0.142 e. The fourth-order valence-corrected chi connectivity index (χ4v) is 3.01. The zero-order valence-electron chi connectivity index (χ0n) is 13.2. The van der Waals surface area contributed by atoms with Gasteiger partial charge in [-0.3, -0.25) is 0 Å². The molecule has 0 fully saturated rings. The van der Waals surface area contributed by atoms with Gasteiger partial charge in [0.05, 0.1) is 5.39 Å². The fourth-order valence-electron chi connectivity index (χ4n) is 3.01. The van der Waals surface area contributed by atoms with Crippen molar-refractivity contribution < 1.29 is 0 Å². The summed E-state index contributed by atoms with van der Waals surface area (Å²) < 4.78 is 0. The zero-order valence-corrected chi connectivity index (χ0v) is 13.2.